The van der Waals surface area contributed by atoms with Crippen LogP contribution in [0.3, 0.4) is 0 Å². The van der Waals surface area contributed by atoms with Gasteiger partial charge in [0.1, 0.15) is 19.5 Å². The van der Waals surface area contributed by atoms with Crippen LogP contribution in [0.5, 0.6) is 11.5 Å². The molecule has 0 radical (unpaired) electrons. The van der Waals surface area contributed by atoms with Gasteiger partial charge in [0.15, 0.2) is 11.5 Å². The smallest absolute Gasteiger partial charge is 0.246 e. The van der Waals surface area contributed by atoms with Gasteiger partial charge in [-0.2, -0.15) is 0 Å². The number of anilines is 1. The number of imidazole rings is 1. The zero-order valence-corrected chi connectivity index (χ0v) is 24.8. The molecule has 1 unspecified atom stereocenters. The molecule has 3 aromatic rings. The number of fused-ring (bicyclic) bond motifs is 2. The summed E-state index contributed by atoms with van der Waals surface area (Å²) in [5.41, 5.74) is 4.33. The van der Waals surface area contributed by atoms with Crippen LogP contribution in [-0.4, -0.2) is 91.4 Å². The zero-order valence-electron chi connectivity index (χ0n) is 24.8. The van der Waals surface area contributed by atoms with Crippen molar-refractivity contribution < 1.29 is 28.5 Å². The van der Waals surface area contributed by atoms with Gasteiger partial charge < -0.3 is 33.7 Å². The van der Waals surface area contributed by atoms with E-state index in [0.29, 0.717) is 63.2 Å². The Balaban J connectivity index is 0.000000385. The van der Waals surface area contributed by atoms with Gasteiger partial charge in [-0.15, -0.1) is 0 Å². The lowest BCUT2D eigenvalue weighted by atomic mass is 10.1. The fraction of sp³-hybridized carbons (Fsp3) is 0.484. The Morgan fingerprint density at radius 2 is 1.81 bits per heavy atom. The molecule has 5 rings (SSSR count). The van der Waals surface area contributed by atoms with Crippen LogP contribution < -0.4 is 14.8 Å². The van der Waals surface area contributed by atoms with E-state index in [1.54, 1.807) is 18.3 Å². The van der Waals surface area contributed by atoms with Gasteiger partial charge in [-0.3, -0.25) is 14.6 Å². The first-order valence-electron chi connectivity index (χ1n) is 14.4. The number of nitrogens with zero attached hydrogens (tertiary/aromatic N) is 4. The van der Waals surface area contributed by atoms with Gasteiger partial charge in [0, 0.05) is 49.2 Å². The van der Waals surface area contributed by atoms with Crippen LogP contribution in [0.4, 0.5) is 5.95 Å². The summed E-state index contributed by atoms with van der Waals surface area (Å²) in [5.74, 6) is 2.08. The molecule has 2 aromatic heterocycles. The third-order valence-electron chi connectivity index (χ3n) is 7.24. The van der Waals surface area contributed by atoms with E-state index in [-0.39, 0.29) is 11.9 Å². The van der Waals surface area contributed by atoms with Gasteiger partial charge in [-0.1, -0.05) is 6.58 Å². The maximum absolute atomic E-state index is 12.4. The van der Waals surface area contributed by atoms with Crippen LogP contribution in [-0.2, 0) is 14.3 Å². The summed E-state index contributed by atoms with van der Waals surface area (Å²) in [6, 6.07) is 5.45. The number of ether oxygens (including phenoxy) is 4. The van der Waals surface area contributed by atoms with E-state index in [9.17, 15) is 9.59 Å². The highest BCUT2D eigenvalue weighted by molar-refractivity contribution is 5.88. The van der Waals surface area contributed by atoms with E-state index >= 15 is 0 Å². The highest BCUT2D eigenvalue weighted by Gasteiger charge is 2.28. The predicted molar refractivity (Wildman–Crippen MR) is 161 cm³/mol. The molecule has 1 fully saturated rings. The van der Waals surface area contributed by atoms with E-state index in [4.69, 9.17) is 23.9 Å². The zero-order chi connectivity index (χ0) is 29.9. The van der Waals surface area contributed by atoms with Crippen LogP contribution in [0.1, 0.15) is 46.9 Å². The van der Waals surface area contributed by atoms with Gasteiger partial charge in [0.2, 0.25) is 11.9 Å². The first kappa shape index (κ1) is 31.0. The Hall–Kier alpha value is -3.96. The number of benzene rings is 1. The number of pyridine rings is 1. The SMILES string of the molecule is C=CC(=O)N1CCCCC(n2c(NC)nc3cc4c(c(C)c32)OCCOCCOCCO4)C1.Cc1cc(C=O)ccn1. The molecule has 11 heteroatoms. The Kier molecular flexibility index (Phi) is 11.3. The first-order chi connectivity index (χ1) is 20.5. The second kappa shape index (κ2) is 15.3. The molecule has 0 spiro atoms. The Morgan fingerprint density at radius 3 is 2.48 bits per heavy atom. The summed E-state index contributed by atoms with van der Waals surface area (Å²) >= 11 is 0. The molecule has 226 valence electrons. The molecule has 1 amide bonds. The third-order valence-corrected chi connectivity index (χ3v) is 7.24. The van der Waals surface area contributed by atoms with Crippen LogP contribution in [0.2, 0.25) is 0 Å². The van der Waals surface area contributed by atoms with E-state index < -0.39 is 0 Å². The molecule has 4 heterocycles. The molecule has 1 N–H and O–H groups in total. The van der Waals surface area contributed by atoms with Crippen molar-refractivity contribution >= 4 is 29.2 Å². The number of hydrogen-bond acceptors (Lipinski definition) is 9. The second-order valence-corrected chi connectivity index (χ2v) is 10.2. The number of aromatic nitrogens is 3. The average molecular weight is 580 g/mol. The van der Waals surface area contributed by atoms with Crippen molar-refractivity contribution in [3.05, 3.63) is 53.9 Å². The lowest BCUT2D eigenvalue weighted by Gasteiger charge is -2.26. The molecule has 1 aromatic carbocycles. The number of likely N-dealkylation sites (tertiary alicyclic amines) is 1. The summed E-state index contributed by atoms with van der Waals surface area (Å²) in [7, 11) is 1.87. The summed E-state index contributed by atoms with van der Waals surface area (Å²) in [6.07, 6.45) is 6.81. The Bertz CT molecular complexity index is 1370. The van der Waals surface area contributed by atoms with Crippen molar-refractivity contribution in [3.63, 3.8) is 0 Å². The van der Waals surface area contributed by atoms with Crippen molar-refractivity contribution in [1.82, 2.24) is 19.4 Å². The molecule has 1 atom stereocenters. The number of aldehydes is 1. The molecular formula is C31H41N5O6. The molecule has 11 nitrogen and oxygen atoms in total. The lowest BCUT2D eigenvalue weighted by Crippen LogP contribution is -2.34. The van der Waals surface area contributed by atoms with Gasteiger partial charge in [-0.05, 0) is 51.3 Å². The number of aryl methyl sites for hydroxylation is 2. The minimum absolute atomic E-state index is 0.0302. The predicted octanol–water partition coefficient (Wildman–Crippen LogP) is 4.13. The Morgan fingerprint density at radius 1 is 1.07 bits per heavy atom. The Labute approximate surface area is 246 Å². The van der Waals surface area contributed by atoms with Crippen LogP contribution in [0.15, 0.2) is 37.1 Å². The van der Waals surface area contributed by atoms with Crippen molar-refractivity contribution in [2.45, 2.75) is 39.2 Å². The van der Waals surface area contributed by atoms with Crippen molar-refractivity contribution in [2.24, 2.45) is 0 Å². The highest BCUT2D eigenvalue weighted by Crippen LogP contribution is 2.40. The second-order valence-electron chi connectivity index (χ2n) is 10.2. The highest BCUT2D eigenvalue weighted by atomic mass is 16.6. The molecule has 2 aliphatic rings. The number of nitrogens with one attached hydrogen (secondary N) is 1. The van der Waals surface area contributed by atoms with E-state index in [1.807, 2.05) is 31.9 Å². The summed E-state index contributed by atoms with van der Waals surface area (Å²) in [5, 5.41) is 3.25. The van der Waals surface area contributed by atoms with Crippen LogP contribution in [0.25, 0.3) is 11.0 Å². The van der Waals surface area contributed by atoms with Crippen molar-refractivity contribution in [1.29, 1.82) is 0 Å². The summed E-state index contributed by atoms with van der Waals surface area (Å²) in [4.78, 5) is 33.2. The molecule has 0 saturated carbocycles. The van der Waals surface area contributed by atoms with Gasteiger partial charge in [0.25, 0.3) is 0 Å². The first-order valence-corrected chi connectivity index (χ1v) is 14.4. The molecule has 0 bridgehead atoms. The van der Waals surface area contributed by atoms with Crippen LogP contribution in [0, 0.1) is 13.8 Å². The summed E-state index contributed by atoms with van der Waals surface area (Å²) < 4.78 is 25.5. The number of amides is 1. The third kappa shape index (κ3) is 7.65. The molecule has 42 heavy (non-hydrogen) atoms. The minimum Gasteiger partial charge on any atom is -0.487 e. The maximum atomic E-state index is 12.4. The fourth-order valence-electron chi connectivity index (χ4n) is 5.26. The number of carbonyl (C=O) groups excluding carboxylic acids is 2. The fourth-order valence-corrected chi connectivity index (χ4v) is 5.26. The molecule has 2 aliphatic heterocycles. The lowest BCUT2D eigenvalue weighted by molar-refractivity contribution is -0.126. The van der Waals surface area contributed by atoms with E-state index in [0.717, 1.165) is 60.3 Å². The van der Waals surface area contributed by atoms with Gasteiger partial charge in [-0.25, -0.2) is 4.98 Å². The van der Waals surface area contributed by atoms with E-state index in [1.165, 1.54) is 6.08 Å². The average Bonchev–Trinajstić information content (AvgIpc) is 3.19. The summed E-state index contributed by atoms with van der Waals surface area (Å²) in [6.45, 7) is 11.8. The van der Waals surface area contributed by atoms with Gasteiger partial charge in [0.05, 0.1) is 43.5 Å². The van der Waals surface area contributed by atoms with Crippen LogP contribution >= 0.6 is 0 Å². The van der Waals surface area contributed by atoms with Gasteiger partial charge >= 0.3 is 0 Å². The number of hydrogen-bond donors (Lipinski definition) is 1. The number of rotatable bonds is 4. The standard InChI is InChI=1S/C24H34N4O5.C7H7NO/c1-4-21(29)27-8-6-5-7-18(16-27)28-22-17(2)23-20(15-19(22)26-24(28)25-3)32-13-11-30-9-10-31-12-14-33-23;1-6-4-7(5-9)2-3-8-6/h4,15,18H,1,5-14,16H2,2-3H3,(H,25,26);2-5H,1H3. The molecule has 1 saturated heterocycles. The topological polar surface area (TPSA) is 117 Å². The molecule has 0 aliphatic carbocycles. The minimum atomic E-state index is -0.0302. The van der Waals surface area contributed by atoms with E-state index in [2.05, 4.69) is 21.4 Å². The molecular weight excluding hydrogens is 538 g/mol. The van der Waals surface area contributed by atoms with Crippen molar-refractivity contribution in [3.8, 4) is 11.5 Å². The van der Waals surface area contributed by atoms with Crippen molar-refractivity contribution in [2.75, 3.05) is 65.1 Å². The number of carbonyl (C=O) groups is 2. The largest absolute Gasteiger partial charge is 0.487 e. The normalized spacial score (nSPS) is 18.0. The monoisotopic (exact) mass is 579 g/mol. The maximum Gasteiger partial charge on any atom is 0.246 e. The quantitative estimate of drug-likeness (QED) is 0.360.